The van der Waals surface area contributed by atoms with Crippen molar-refractivity contribution in [1.29, 1.82) is 0 Å². The Hall–Kier alpha value is -0.900. The SMILES string of the molecule is CN=C(NCCCN(C(C)C)C(C)C)NCc1ccccc1CN1CCOCC1.I. The number of nitrogens with one attached hydrogen (secondary N) is 2. The molecule has 0 radical (unpaired) electrons. The lowest BCUT2D eigenvalue weighted by molar-refractivity contribution is 0.0341. The van der Waals surface area contributed by atoms with Crippen molar-refractivity contribution in [2.45, 2.75) is 59.3 Å². The fourth-order valence-electron chi connectivity index (χ4n) is 3.87. The summed E-state index contributed by atoms with van der Waals surface area (Å²) in [5, 5.41) is 6.94. The van der Waals surface area contributed by atoms with E-state index in [4.69, 9.17) is 4.74 Å². The molecular formula is C23H42IN5O. The van der Waals surface area contributed by atoms with Gasteiger partial charge in [-0.3, -0.25) is 14.8 Å². The van der Waals surface area contributed by atoms with E-state index in [9.17, 15) is 0 Å². The lowest BCUT2D eigenvalue weighted by Gasteiger charge is -2.30. The van der Waals surface area contributed by atoms with Crippen LogP contribution < -0.4 is 10.6 Å². The summed E-state index contributed by atoms with van der Waals surface area (Å²) in [6.07, 6.45) is 1.10. The number of nitrogens with zero attached hydrogens (tertiary/aromatic N) is 3. The van der Waals surface area contributed by atoms with E-state index in [2.05, 4.69) is 77.4 Å². The summed E-state index contributed by atoms with van der Waals surface area (Å²) in [6.45, 7) is 16.5. The zero-order chi connectivity index (χ0) is 21.1. The molecule has 0 bridgehead atoms. The number of rotatable bonds is 10. The molecule has 1 fully saturated rings. The first-order chi connectivity index (χ1) is 14.0. The highest BCUT2D eigenvalue weighted by atomic mass is 127. The monoisotopic (exact) mass is 531 g/mol. The number of hydrogen-bond acceptors (Lipinski definition) is 4. The van der Waals surface area contributed by atoms with Crippen molar-refractivity contribution in [3.05, 3.63) is 35.4 Å². The standard InChI is InChI=1S/C23H41N5O.HI/c1-19(2)28(20(3)4)12-8-11-25-23(24-5)26-17-21-9-6-7-10-22(21)18-27-13-15-29-16-14-27;/h6-7,9-10,19-20H,8,11-18H2,1-5H3,(H2,24,25,26);1H. The highest BCUT2D eigenvalue weighted by Crippen LogP contribution is 2.13. The second-order valence-electron chi connectivity index (χ2n) is 8.29. The number of morpholine rings is 1. The second kappa shape index (κ2) is 15.0. The van der Waals surface area contributed by atoms with Crippen LogP contribution in [0, 0.1) is 0 Å². The Morgan fingerprint density at radius 1 is 1.07 bits per heavy atom. The van der Waals surface area contributed by atoms with Crippen LogP contribution in [0.3, 0.4) is 0 Å². The van der Waals surface area contributed by atoms with Crippen LogP contribution in [0.25, 0.3) is 0 Å². The Morgan fingerprint density at radius 3 is 2.30 bits per heavy atom. The van der Waals surface area contributed by atoms with Crippen LogP contribution in [0.2, 0.25) is 0 Å². The number of hydrogen-bond donors (Lipinski definition) is 2. The van der Waals surface area contributed by atoms with Crippen LogP contribution in [0.1, 0.15) is 45.2 Å². The maximum atomic E-state index is 5.47. The van der Waals surface area contributed by atoms with E-state index in [0.717, 1.165) is 64.9 Å². The van der Waals surface area contributed by atoms with Gasteiger partial charge in [-0.2, -0.15) is 0 Å². The number of aliphatic imine (C=N–C) groups is 1. The molecule has 6 nitrogen and oxygen atoms in total. The van der Waals surface area contributed by atoms with Gasteiger partial charge in [0.1, 0.15) is 0 Å². The van der Waals surface area contributed by atoms with E-state index >= 15 is 0 Å². The zero-order valence-corrected chi connectivity index (χ0v) is 21.8. The molecule has 1 aliphatic rings. The molecule has 0 spiro atoms. The van der Waals surface area contributed by atoms with E-state index in [1.54, 1.807) is 0 Å². The fourth-order valence-corrected chi connectivity index (χ4v) is 3.87. The Morgan fingerprint density at radius 2 is 1.70 bits per heavy atom. The first-order valence-corrected chi connectivity index (χ1v) is 11.1. The molecule has 2 N–H and O–H groups in total. The van der Waals surface area contributed by atoms with Crippen molar-refractivity contribution in [1.82, 2.24) is 20.4 Å². The van der Waals surface area contributed by atoms with E-state index in [1.165, 1.54) is 11.1 Å². The third-order valence-electron chi connectivity index (χ3n) is 5.50. The Bertz CT molecular complexity index is 609. The number of guanidine groups is 1. The molecule has 1 aliphatic heterocycles. The third-order valence-corrected chi connectivity index (χ3v) is 5.50. The average Bonchev–Trinajstić information content (AvgIpc) is 2.71. The van der Waals surface area contributed by atoms with Gasteiger partial charge in [-0.05, 0) is 45.2 Å². The number of halogens is 1. The molecule has 0 atom stereocenters. The minimum atomic E-state index is 0. The van der Waals surface area contributed by atoms with Crippen molar-refractivity contribution in [3.63, 3.8) is 0 Å². The second-order valence-corrected chi connectivity index (χ2v) is 8.29. The van der Waals surface area contributed by atoms with Crippen LogP contribution in [0.4, 0.5) is 0 Å². The van der Waals surface area contributed by atoms with E-state index in [0.29, 0.717) is 12.1 Å². The van der Waals surface area contributed by atoms with Gasteiger partial charge in [-0.15, -0.1) is 24.0 Å². The van der Waals surface area contributed by atoms with Gasteiger partial charge in [-0.1, -0.05) is 24.3 Å². The van der Waals surface area contributed by atoms with Crippen molar-refractivity contribution in [3.8, 4) is 0 Å². The first-order valence-electron chi connectivity index (χ1n) is 11.1. The predicted octanol–water partition coefficient (Wildman–Crippen LogP) is 3.31. The summed E-state index contributed by atoms with van der Waals surface area (Å²) in [6, 6.07) is 9.84. The Kier molecular flexibility index (Phi) is 13.6. The lowest BCUT2D eigenvalue weighted by Crippen LogP contribution is -2.41. The van der Waals surface area contributed by atoms with E-state index < -0.39 is 0 Å². The molecule has 0 aromatic heterocycles. The quantitative estimate of drug-likeness (QED) is 0.210. The largest absolute Gasteiger partial charge is 0.379 e. The van der Waals surface area contributed by atoms with Gasteiger partial charge in [0, 0.05) is 58.4 Å². The van der Waals surface area contributed by atoms with E-state index in [-0.39, 0.29) is 24.0 Å². The highest BCUT2D eigenvalue weighted by Gasteiger charge is 2.14. The maximum absolute atomic E-state index is 5.47. The summed E-state index contributed by atoms with van der Waals surface area (Å²) >= 11 is 0. The van der Waals surface area contributed by atoms with Crippen LogP contribution in [0.5, 0.6) is 0 Å². The molecule has 172 valence electrons. The van der Waals surface area contributed by atoms with Crippen LogP contribution in [-0.2, 0) is 17.8 Å². The highest BCUT2D eigenvalue weighted by molar-refractivity contribution is 14.0. The van der Waals surface area contributed by atoms with Crippen LogP contribution in [-0.4, -0.2) is 74.3 Å². The Labute approximate surface area is 200 Å². The normalized spacial score (nSPS) is 15.5. The molecule has 7 heteroatoms. The molecule has 30 heavy (non-hydrogen) atoms. The van der Waals surface area contributed by atoms with Crippen molar-refractivity contribution < 1.29 is 4.74 Å². The molecule has 0 saturated carbocycles. The van der Waals surface area contributed by atoms with Gasteiger partial charge in [-0.25, -0.2) is 0 Å². The summed E-state index contributed by atoms with van der Waals surface area (Å²) in [5.74, 6) is 0.867. The molecule has 1 aromatic rings. The summed E-state index contributed by atoms with van der Waals surface area (Å²) in [7, 11) is 1.84. The summed E-state index contributed by atoms with van der Waals surface area (Å²) in [5.41, 5.74) is 2.70. The smallest absolute Gasteiger partial charge is 0.191 e. The van der Waals surface area contributed by atoms with Gasteiger partial charge >= 0.3 is 0 Å². The maximum Gasteiger partial charge on any atom is 0.191 e. The van der Waals surface area contributed by atoms with Gasteiger partial charge in [0.25, 0.3) is 0 Å². The van der Waals surface area contributed by atoms with Gasteiger partial charge in [0.2, 0.25) is 0 Å². The fraction of sp³-hybridized carbons (Fsp3) is 0.696. The van der Waals surface area contributed by atoms with Crippen LogP contribution in [0.15, 0.2) is 29.3 Å². The number of ether oxygens (including phenoxy) is 1. The molecule has 2 rings (SSSR count). The Balaban J connectivity index is 0.00000450. The average molecular weight is 532 g/mol. The molecular weight excluding hydrogens is 489 g/mol. The van der Waals surface area contributed by atoms with Gasteiger partial charge in [0.05, 0.1) is 13.2 Å². The molecule has 0 aliphatic carbocycles. The van der Waals surface area contributed by atoms with Gasteiger partial charge in [0.15, 0.2) is 5.96 Å². The minimum Gasteiger partial charge on any atom is -0.379 e. The van der Waals surface area contributed by atoms with Crippen molar-refractivity contribution in [2.24, 2.45) is 4.99 Å². The topological polar surface area (TPSA) is 52.1 Å². The first kappa shape index (κ1) is 27.1. The van der Waals surface area contributed by atoms with Gasteiger partial charge < -0.3 is 15.4 Å². The summed E-state index contributed by atoms with van der Waals surface area (Å²) < 4.78 is 5.47. The van der Waals surface area contributed by atoms with Crippen LogP contribution >= 0.6 is 24.0 Å². The molecule has 1 aromatic carbocycles. The number of benzene rings is 1. The van der Waals surface area contributed by atoms with Crippen molar-refractivity contribution in [2.75, 3.05) is 46.4 Å². The predicted molar refractivity (Wildman–Crippen MR) is 138 cm³/mol. The lowest BCUT2D eigenvalue weighted by atomic mass is 10.1. The summed E-state index contributed by atoms with van der Waals surface area (Å²) in [4.78, 5) is 9.38. The third kappa shape index (κ3) is 9.49. The molecule has 1 saturated heterocycles. The molecule has 1 heterocycles. The molecule has 0 amide bonds. The van der Waals surface area contributed by atoms with E-state index in [1.807, 2.05) is 7.05 Å². The molecule has 0 unspecified atom stereocenters. The van der Waals surface area contributed by atoms with Crippen molar-refractivity contribution >= 4 is 29.9 Å². The minimum absolute atomic E-state index is 0. The zero-order valence-electron chi connectivity index (χ0n) is 19.5.